The van der Waals surface area contributed by atoms with Gasteiger partial charge in [-0.25, -0.2) is 14.8 Å². The second-order valence-electron chi connectivity index (χ2n) is 21.4. The van der Waals surface area contributed by atoms with Gasteiger partial charge >= 0.3 is 6.03 Å². The first kappa shape index (κ1) is 48.0. The number of phenolic OH excluding ortho intramolecular Hbond substituents is 1. The molecule has 1 aliphatic carbocycles. The number of benzene rings is 2. The molecule has 0 unspecified atom stereocenters. The number of anilines is 1. The van der Waals surface area contributed by atoms with E-state index in [1.165, 1.54) is 4.90 Å². The second kappa shape index (κ2) is 19.2. The van der Waals surface area contributed by atoms with Crippen LogP contribution in [0.4, 0.5) is 10.7 Å². The molecule has 4 fully saturated rings. The van der Waals surface area contributed by atoms with Crippen molar-refractivity contribution in [3.05, 3.63) is 94.9 Å². The molecule has 5 atom stereocenters. The van der Waals surface area contributed by atoms with Crippen LogP contribution in [0.3, 0.4) is 0 Å². The van der Waals surface area contributed by atoms with E-state index in [1.807, 2.05) is 63.5 Å². The lowest BCUT2D eigenvalue weighted by molar-refractivity contribution is -0.143. The highest BCUT2D eigenvalue weighted by atomic mass is 16.3. The van der Waals surface area contributed by atoms with Gasteiger partial charge in [0.15, 0.2) is 5.65 Å². The number of aromatic amines is 1. The number of urea groups is 1. The maximum Gasteiger partial charge on any atom is 0.318 e. The summed E-state index contributed by atoms with van der Waals surface area (Å²) < 4.78 is 0. The number of carbonyl (C=O) groups excluding carboxylic acids is 3. The maximum absolute atomic E-state index is 14.4. The standard InChI is InChI=1S/C54H65N11O6/c1-6-34-11-13-35(14-12-34)32(2)57-49(69)44-23-39(67)29-65(44)50(70)47(53(4,5)18-22-66)59-52(71)63-30-54(31-63)25-38(26-54)62-19-15-36(16-20-62)37-27-55-51(56-28-37)64-21-17-42-46(33(64)3)41-24-43(60-61-48(41)58-42)40-9-7-8-10-45(40)68/h1,7-14,24,27-28,32-33,36,38-39,44,47,66-68H,15-23,25-26,29-31H2,2-5H3,(H,57,69)(H,58,61)(H,59,71)/t32-,33-,39+,44-,47+/m0/s1. The molecule has 1 spiro atoms. The van der Waals surface area contributed by atoms with Crippen LogP contribution < -0.4 is 15.5 Å². The number of rotatable bonds is 12. The number of β-amino-alcohol motifs (C(OH)–C–C–N with tert-alkyl or cyclic N) is 1. The zero-order valence-electron chi connectivity index (χ0n) is 41.0. The van der Waals surface area contributed by atoms with Crippen LogP contribution in [0.1, 0.15) is 112 Å². The van der Waals surface area contributed by atoms with Gasteiger partial charge in [-0.1, -0.05) is 44.0 Å². The average molecular weight is 964 g/mol. The number of nitrogens with zero attached hydrogens (tertiary/aromatic N) is 8. The number of likely N-dealkylation sites (tertiary alicyclic amines) is 3. The minimum absolute atomic E-state index is 0.00129. The normalized spacial score (nSPS) is 22.3. The van der Waals surface area contributed by atoms with E-state index < -0.39 is 35.4 Å². The van der Waals surface area contributed by atoms with E-state index in [0.717, 1.165) is 90.7 Å². The predicted molar refractivity (Wildman–Crippen MR) is 268 cm³/mol. The summed E-state index contributed by atoms with van der Waals surface area (Å²) in [6.45, 7) is 11.4. The van der Waals surface area contributed by atoms with E-state index in [2.05, 4.69) is 48.5 Å². The molecule has 3 saturated heterocycles. The Morgan fingerprint density at radius 1 is 1.00 bits per heavy atom. The largest absolute Gasteiger partial charge is 0.507 e. The first-order chi connectivity index (χ1) is 34.1. The van der Waals surface area contributed by atoms with E-state index in [4.69, 9.17) is 16.4 Å². The Balaban J connectivity index is 0.708. The number of aromatic nitrogens is 5. The van der Waals surface area contributed by atoms with E-state index in [1.54, 1.807) is 29.2 Å². The van der Waals surface area contributed by atoms with Crippen molar-refractivity contribution in [3.8, 4) is 29.4 Å². The van der Waals surface area contributed by atoms with Gasteiger partial charge in [0.1, 0.15) is 17.8 Å². The van der Waals surface area contributed by atoms with E-state index in [0.29, 0.717) is 42.3 Å². The summed E-state index contributed by atoms with van der Waals surface area (Å²) in [6, 6.07) is 14.3. The molecule has 1 saturated carbocycles. The summed E-state index contributed by atoms with van der Waals surface area (Å²) in [4.78, 5) is 63.3. The van der Waals surface area contributed by atoms with Crippen molar-refractivity contribution in [1.82, 2.24) is 50.5 Å². The van der Waals surface area contributed by atoms with Gasteiger partial charge in [-0.15, -0.1) is 16.6 Å². The monoisotopic (exact) mass is 964 g/mol. The first-order valence-corrected chi connectivity index (χ1v) is 25.1. The summed E-state index contributed by atoms with van der Waals surface area (Å²) in [7, 11) is 0. The van der Waals surface area contributed by atoms with Gasteiger partial charge in [0.2, 0.25) is 17.8 Å². The van der Waals surface area contributed by atoms with Crippen LogP contribution in [0, 0.1) is 23.2 Å². The number of hydrogen-bond donors (Lipinski definition) is 6. The van der Waals surface area contributed by atoms with Crippen molar-refractivity contribution in [3.63, 3.8) is 0 Å². The number of fused-ring (bicyclic) bond motifs is 3. The molecule has 5 aromatic rings. The van der Waals surface area contributed by atoms with Crippen LogP contribution in [0.25, 0.3) is 22.3 Å². The van der Waals surface area contributed by atoms with Gasteiger partial charge in [-0.2, -0.15) is 0 Å². The Morgan fingerprint density at radius 3 is 2.41 bits per heavy atom. The van der Waals surface area contributed by atoms with Crippen molar-refractivity contribution in [2.75, 3.05) is 50.8 Å². The number of piperidine rings is 1. The molecular formula is C54H65N11O6. The minimum Gasteiger partial charge on any atom is -0.507 e. The molecule has 4 amide bonds. The van der Waals surface area contributed by atoms with E-state index >= 15 is 0 Å². The number of para-hydroxylation sites is 1. The third-order valence-corrected chi connectivity index (χ3v) is 16.3. The highest BCUT2D eigenvalue weighted by molar-refractivity contribution is 5.93. The Hall–Kier alpha value is -6.61. The van der Waals surface area contributed by atoms with Crippen molar-refractivity contribution in [2.24, 2.45) is 10.8 Å². The van der Waals surface area contributed by atoms with Crippen LogP contribution in [-0.4, -0.2) is 143 Å². The molecule has 17 heteroatoms. The van der Waals surface area contributed by atoms with E-state index in [9.17, 15) is 29.7 Å². The Kier molecular flexibility index (Phi) is 13.0. The fourth-order valence-corrected chi connectivity index (χ4v) is 12.0. The molecular weight excluding hydrogens is 899 g/mol. The van der Waals surface area contributed by atoms with Gasteiger partial charge in [0.25, 0.3) is 0 Å². The molecule has 2 aromatic carbocycles. The SMILES string of the molecule is C#Cc1ccc([C@H](C)NC(=O)[C@@H]2C[C@@H](O)CN2C(=O)[C@@H](NC(=O)N2CC3(CC(N4CCC(c5cnc(N6CCc7[nH]c8nnc(-c9ccccc9O)cc8c7[C@@H]6C)nc5)CC4)C3)C2)C(C)(C)CCO)cc1. The minimum atomic E-state index is -1.03. The van der Waals surface area contributed by atoms with Crippen LogP contribution >= 0.6 is 0 Å². The number of nitrogens with one attached hydrogen (secondary N) is 3. The van der Waals surface area contributed by atoms with Crippen molar-refractivity contribution in [1.29, 1.82) is 0 Å². The number of carbonyl (C=O) groups is 3. The van der Waals surface area contributed by atoms with Crippen LogP contribution in [0.15, 0.2) is 67.0 Å². The van der Waals surface area contributed by atoms with Gasteiger partial charge in [0.05, 0.1) is 23.9 Å². The van der Waals surface area contributed by atoms with Crippen molar-refractivity contribution >= 4 is 34.8 Å². The number of H-pyrrole nitrogens is 1. The molecule has 17 nitrogen and oxygen atoms in total. The van der Waals surface area contributed by atoms with Gasteiger partial charge < -0.3 is 50.5 Å². The molecule has 5 aliphatic rings. The van der Waals surface area contributed by atoms with Crippen LogP contribution in [0.5, 0.6) is 5.75 Å². The molecule has 6 N–H and O–H groups in total. The quantitative estimate of drug-likeness (QED) is 0.0891. The highest BCUT2D eigenvalue weighted by Crippen LogP contribution is 2.51. The summed E-state index contributed by atoms with van der Waals surface area (Å²) in [5.74, 6) is 2.99. The van der Waals surface area contributed by atoms with Crippen LogP contribution in [-0.2, 0) is 16.0 Å². The number of aromatic hydroxyl groups is 1. The van der Waals surface area contributed by atoms with Crippen LogP contribution in [0.2, 0.25) is 0 Å². The molecule has 10 rings (SSSR count). The number of amides is 4. The maximum atomic E-state index is 14.4. The number of hydrogen-bond acceptors (Lipinski definition) is 12. The lowest BCUT2D eigenvalue weighted by atomic mass is 9.60. The molecule has 71 heavy (non-hydrogen) atoms. The van der Waals surface area contributed by atoms with E-state index in [-0.39, 0.29) is 55.3 Å². The van der Waals surface area contributed by atoms with Crippen molar-refractivity contribution < 1.29 is 29.7 Å². The zero-order valence-corrected chi connectivity index (χ0v) is 41.0. The number of aliphatic hydroxyl groups is 2. The first-order valence-electron chi connectivity index (χ1n) is 25.1. The smallest absolute Gasteiger partial charge is 0.318 e. The fourth-order valence-electron chi connectivity index (χ4n) is 12.0. The molecule has 7 heterocycles. The number of terminal acetylenes is 1. The number of aliphatic hydroxyl groups excluding tert-OH is 2. The molecule has 372 valence electrons. The molecule has 4 aliphatic heterocycles. The molecule has 3 aromatic heterocycles. The molecule has 0 radical (unpaired) electrons. The highest BCUT2D eigenvalue weighted by Gasteiger charge is 2.56. The number of phenols is 1. The molecule has 0 bridgehead atoms. The summed E-state index contributed by atoms with van der Waals surface area (Å²) >= 11 is 0. The lowest BCUT2D eigenvalue weighted by Gasteiger charge is -2.61. The summed E-state index contributed by atoms with van der Waals surface area (Å²) in [5.41, 5.74) is 6.23. The Morgan fingerprint density at radius 2 is 1.72 bits per heavy atom. The average Bonchev–Trinajstić information content (AvgIpc) is 3.93. The Bertz CT molecular complexity index is 2820. The topological polar surface area (TPSA) is 216 Å². The summed E-state index contributed by atoms with van der Waals surface area (Å²) in [5, 5.41) is 47.1. The van der Waals surface area contributed by atoms with Gasteiger partial charge in [0, 0.05) is 97.2 Å². The van der Waals surface area contributed by atoms with Crippen molar-refractivity contribution in [2.45, 2.75) is 115 Å². The predicted octanol–water partition coefficient (Wildman–Crippen LogP) is 5.20. The van der Waals surface area contributed by atoms with Gasteiger partial charge in [-0.3, -0.25) is 9.59 Å². The zero-order chi connectivity index (χ0) is 49.8. The third kappa shape index (κ3) is 9.29. The van der Waals surface area contributed by atoms with Gasteiger partial charge in [-0.05, 0) is 112 Å². The second-order valence-corrected chi connectivity index (χ2v) is 21.4. The summed E-state index contributed by atoms with van der Waals surface area (Å²) in [6.07, 6.45) is 13.8. The Labute approximate surface area is 414 Å². The third-order valence-electron chi connectivity index (χ3n) is 16.3. The lowest BCUT2D eigenvalue weighted by Crippen LogP contribution is -2.70. The fraction of sp³-hybridized carbons (Fsp3) is 0.500.